The van der Waals surface area contributed by atoms with Crippen molar-refractivity contribution in [3.05, 3.63) is 47.1 Å². The van der Waals surface area contributed by atoms with Crippen molar-refractivity contribution >= 4 is 11.6 Å². The molecule has 1 aromatic heterocycles. The summed E-state index contributed by atoms with van der Waals surface area (Å²) in [6, 6.07) is 10.7. The van der Waals surface area contributed by atoms with Gasteiger partial charge < -0.3 is 10.1 Å². The standard InChI is InChI=1S/C16H17ClN2O/c1-20-16-9-12(6-7-18-16)11-2-5-15(17)13(8-11)10-19-14-3-4-14/h2,5-9,14,19H,3-4,10H2,1H3. The number of hydrogen-bond donors (Lipinski definition) is 1. The summed E-state index contributed by atoms with van der Waals surface area (Å²) in [6.45, 7) is 0.819. The molecule has 0 saturated heterocycles. The number of methoxy groups -OCH3 is 1. The van der Waals surface area contributed by atoms with Crippen molar-refractivity contribution < 1.29 is 4.74 Å². The van der Waals surface area contributed by atoms with Gasteiger partial charge in [0, 0.05) is 29.9 Å². The number of nitrogens with zero attached hydrogens (tertiary/aromatic N) is 1. The molecule has 3 nitrogen and oxygen atoms in total. The normalized spacial score (nSPS) is 14.3. The van der Waals surface area contributed by atoms with Crippen LogP contribution in [0.25, 0.3) is 11.1 Å². The Bertz CT molecular complexity index is 611. The van der Waals surface area contributed by atoms with Crippen LogP contribution in [-0.2, 0) is 6.54 Å². The molecule has 0 bridgehead atoms. The predicted molar refractivity (Wildman–Crippen MR) is 81.1 cm³/mol. The second-order valence-electron chi connectivity index (χ2n) is 5.05. The zero-order chi connectivity index (χ0) is 13.9. The molecule has 2 aromatic rings. The minimum Gasteiger partial charge on any atom is -0.481 e. The maximum atomic E-state index is 6.27. The van der Waals surface area contributed by atoms with Crippen LogP contribution in [0.15, 0.2) is 36.5 Å². The summed E-state index contributed by atoms with van der Waals surface area (Å²) in [5, 5.41) is 4.30. The molecule has 104 valence electrons. The summed E-state index contributed by atoms with van der Waals surface area (Å²) >= 11 is 6.27. The Labute approximate surface area is 123 Å². The Kier molecular flexibility index (Phi) is 3.90. The molecule has 1 aliphatic rings. The lowest BCUT2D eigenvalue weighted by molar-refractivity contribution is 0.398. The van der Waals surface area contributed by atoms with Crippen LogP contribution in [0.3, 0.4) is 0 Å². The first kappa shape index (κ1) is 13.4. The van der Waals surface area contributed by atoms with Gasteiger partial charge in [0.2, 0.25) is 5.88 Å². The van der Waals surface area contributed by atoms with Crippen molar-refractivity contribution in [1.29, 1.82) is 0 Å². The third-order valence-corrected chi connectivity index (χ3v) is 3.85. The van der Waals surface area contributed by atoms with Gasteiger partial charge in [-0.05, 0) is 47.7 Å². The van der Waals surface area contributed by atoms with Crippen LogP contribution in [0.2, 0.25) is 5.02 Å². The molecule has 0 amide bonds. The zero-order valence-corrected chi connectivity index (χ0v) is 12.2. The van der Waals surface area contributed by atoms with Crippen LogP contribution < -0.4 is 10.1 Å². The molecule has 0 aliphatic heterocycles. The largest absolute Gasteiger partial charge is 0.481 e. The third-order valence-electron chi connectivity index (χ3n) is 3.48. The van der Waals surface area contributed by atoms with Gasteiger partial charge in [-0.3, -0.25) is 0 Å². The van der Waals surface area contributed by atoms with E-state index in [1.807, 2.05) is 24.3 Å². The van der Waals surface area contributed by atoms with Crippen molar-refractivity contribution in [3.8, 4) is 17.0 Å². The van der Waals surface area contributed by atoms with Crippen molar-refractivity contribution in [2.75, 3.05) is 7.11 Å². The SMILES string of the molecule is COc1cc(-c2ccc(Cl)c(CNC3CC3)c2)ccn1. The molecule has 1 N–H and O–H groups in total. The summed E-state index contributed by atoms with van der Waals surface area (Å²) in [7, 11) is 1.62. The molecule has 1 aromatic carbocycles. The Morgan fingerprint density at radius 3 is 2.80 bits per heavy atom. The molecule has 1 saturated carbocycles. The fourth-order valence-electron chi connectivity index (χ4n) is 2.13. The van der Waals surface area contributed by atoms with Gasteiger partial charge in [0.05, 0.1) is 7.11 Å². The van der Waals surface area contributed by atoms with Crippen molar-refractivity contribution in [2.45, 2.75) is 25.4 Å². The maximum absolute atomic E-state index is 6.27. The molecule has 0 unspecified atom stereocenters. The highest BCUT2D eigenvalue weighted by Gasteiger charge is 2.20. The average molecular weight is 289 g/mol. The lowest BCUT2D eigenvalue weighted by Gasteiger charge is -2.09. The lowest BCUT2D eigenvalue weighted by Crippen LogP contribution is -2.15. The summed E-state index contributed by atoms with van der Waals surface area (Å²) in [5.41, 5.74) is 3.34. The number of pyridine rings is 1. The Morgan fingerprint density at radius 1 is 1.25 bits per heavy atom. The summed E-state index contributed by atoms with van der Waals surface area (Å²) < 4.78 is 5.17. The van der Waals surface area contributed by atoms with Crippen molar-refractivity contribution in [3.63, 3.8) is 0 Å². The molecule has 1 fully saturated rings. The number of ether oxygens (including phenoxy) is 1. The minimum absolute atomic E-state index is 0.620. The van der Waals surface area contributed by atoms with E-state index in [1.165, 1.54) is 12.8 Å². The smallest absolute Gasteiger partial charge is 0.213 e. The van der Waals surface area contributed by atoms with E-state index in [0.717, 1.165) is 28.3 Å². The number of rotatable bonds is 5. The fourth-order valence-corrected chi connectivity index (χ4v) is 2.32. The maximum Gasteiger partial charge on any atom is 0.213 e. The van der Waals surface area contributed by atoms with Gasteiger partial charge in [-0.2, -0.15) is 0 Å². The van der Waals surface area contributed by atoms with Gasteiger partial charge in [-0.15, -0.1) is 0 Å². The Hall–Kier alpha value is -1.58. The zero-order valence-electron chi connectivity index (χ0n) is 11.4. The molecule has 0 radical (unpaired) electrons. The molecule has 20 heavy (non-hydrogen) atoms. The number of nitrogens with one attached hydrogen (secondary N) is 1. The minimum atomic E-state index is 0.620. The first-order chi connectivity index (χ1) is 9.76. The second-order valence-corrected chi connectivity index (χ2v) is 5.46. The summed E-state index contributed by atoms with van der Waals surface area (Å²) in [6.07, 6.45) is 4.31. The van der Waals surface area contributed by atoms with Crippen LogP contribution >= 0.6 is 11.6 Å². The predicted octanol–water partition coefficient (Wildman–Crippen LogP) is 3.66. The first-order valence-corrected chi connectivity index (χ1v) is 7.16. The highest BCUT2D eigenvalue weighted by molar-refractivity contribution is 6.31. The third kappa shape index (κ3) is 3.11. The lowest BCUT2D eigenvalue weighted by atomic mass is 10.0. The van der Waals surface area contributed by atoms with Crippen molar-refractivity contribution in [1.82, 2.24) is 10.3 Å². The van der Waals surface area contributed by atoms with Crippen LogP contribution in [0.4, 0.5) is 0 Å². The number of benzene rings is 1. The second kappa shape index (κ2) is 5.81. The molecule has 1 aliphatic carbocycles. The number of halogens is 1. The van der Waals surface area contributed by atoms with Gasteiger partial charge >= 0.3 is 0 Å². The summed E-state index contributed by atoms with van der Waals surface area (Å²) in [4.78, 5) is 4.13. The van der Waals surface area contributed by atoms with Crippen LogP contribution in [0.1, 0.15) is 18.4 Å². The Morgan fingerprint density at radius 2 is 2.05 bits per heavy atom. The van der Waals surface area contributed by atoms with E-state index in [9.17, 15) is 0 Å². The van der Waals surface area contributed by atoms with E-state index in [1.54, 1.807) is 13.3 Å². The van der Waals surface area contributed by atoms with E-state index in [0.29, 0.717) is 11.9 Å². The average Bonchev–Trinajstić information content (AvgIpc) is 3.31. The fraction of sp³-hybridized carbons (Fsp3) is 0.312. The molecule has 3 rings (SSSR count). The first-order valence-electron chi connectivity index (χ1n) is 6.78. The molecular weight excluding hydrogens is 272 g/mol. The monoisotopic (exact) mass is 288 g/mol. The van der Waals surface area contributed by atoms with E-state index in [2.05, 4.69) is 16.4 Å². The topological polar surface area (TPSA) is 34.1 Å². The Balaban J connectivity index is 1.86. The van der Waals surface area contributed by atoms with Gasteiger partial charge in [0.1, 0.15) is 0 Å². The van der Waals surface area contributed by atoms with Gasteiger partial charge in [-0.25, -0.2) is 4.98 Å². The van der Waals surface area contributed by atoms with E-state index >= 15 is 0 Å². The highest BCUT2D eigenvalue weighted by atomic mass is 35.5. The van der Waals surface area contributed by atoms with Crippen LogP contribution in [-0.4, -0.2) is 18.1 Å². The van der Waals surface area contributed by atoms with Crippen LogP contribution in [0, 0.1) is 0 Å². The number of aromatic nitrogens is 1. The molecule has 4 heteroatoms. The van der Waals surface area contributed by atoms with Gasteiger partial charge in [-0.1, -0.05) is 17.7 Å². The highest BCUT2D eigenvalue weighted by Crippen LogP contribution is 2.27. The van der Waals surface area contributed by atoms with E-state index in [4.69, 9.17) is 16.3 Å². The van der Waals surface area contributed by atoms with E-state index < -0.39 is 0 Å². The van der Waals surface area contributed by atoms with Crippen molar-refractivity contribution in [2.24, 2.45) is 0 Å². The van der Waals surface area contributed by atoms with E-state index in [-0.39, 0.29) is 0 Å². The van der Waals surface area contributed by atoms with Gasteiger partial charge in [0.15, 0.2) is 0 Å². The summed E-state index contributed by atoms with van der Waals surface area (Å²) in [5.74, 6) is 0.620. The molecular formula is C16H17ClN2O. The molecule has 1 heterocycles. The van der Waals surface area contributed by atoms with Gasteiger partial charge in [0.25, 0.3) is 0 Å². The quantitative estimate of drug-likeness (QED) is 0.912. The molecule has 0 atom stereocenters. The number of hydrogen-bond acceptors (Lipinski definition) is 3. The van der Waals surface area contributed by atoms with Crippen LogP contribution in [0.5, 0.6) is 5.88 Å². The molecule has 0 spiro atoms.